The first-order valence-electron chi connectivity index (χ1n) is 11.0. The van der Waals surface area contributed by atoms with E-state index in [1.54, 1.807) is 29.9 Å². The van der Waals surface area contributed by atoms with E-state index in [1.165, 1.54) is 17.7 Å². The zero-order valence-electron chi connectivity index (χ0n) is 20.7. The molecule has 1 unspecified atom stereocenters. The maximum Gasteiger partial charge on any atom is 0.393 e. The second-order valence-corrected chi connectivity index (χ2v) is 9.56. The molecule has 0 bridgehead atoms. The number of amidine groups is 1. The molecule has 2 rings (SSSR count). The summed E-state index contributed by atoms with van der Waals surface area (Å²) >= 11 is 1.65. The number of aliphatic imine (C=N–C) groups is 1. The highest BCUT2D eigenvalue weighted by Crippen LogP contribution is 2.29. The molecule has 36 heavy (non-hydrogen) atoms. The lowest BCUT2D eigenvalue weighted by atomic mass is 10.1. The van der Waals surface area contributed by atoms with Gasteiger partial charge in [0.05, 0.1) is 5.92 Å². The normalized spacial score (nSPS) is 14.1. The predicted octanol–water partition coefficient (Wildman–Crippen LogP) is 5.14. The minimum atomic E-state index is -4.57. The third-order valence-corrected chi connectivity index (χ3v) is 6.84. The van der Waals surface area contributed by atoms with E-state index in [1.807, 2.05) is 31.8 Å². The third kappa shape index (κ3) is 6.83. The Bertz CT molecular complexity index is 1210. The van der Waals surface area contributed by atoms with Crippen LogP contribution in [-0.2, 0) is 16.2 Å². The Hall–Kier alpha value is -2.05. The van der Waals surface area contributed by atoms with E-state index in [-0.39, 0.29) is 24.8 Å². The smallest absolute Gasteiger partial charge is 0.309 e. The van der Waals surface area contributed by atoms with Gasteiger partial charge in [-0.15, -0.1) is 5.10 Å². The molecule has 0 aliphatic carbocycles. The van der Waals surface area contributed by atoms with Gasteiger partial charge in [-0.25, -0.2) is 9.18 Å². The van der Waals surface area contributed by atoms with Crippen molar-refractivity contribution < 1.29 is 20.6 Å². The van der Waals surface area contributed by atoms with Gasteiger partial charge in [-0.05, 0) is 43.0 Å². The van der Waals surface area contributed by atoms with Gasteiger partial charge < -0.3 is 7.97 Å². The summed E-state index contributed by atoms with van der Waals surface area (Å²) in [7, 11) is 1.64. The Morgan fingerprint density at radius 2 is 2.08 bits per heavy atom. The lowest BCUT2D eigenvalue weighted by Crippen LogP contribution is -2.41. The summed E-state index contributed by atoms with van der Waals surface area (Å²) < 4.78 is 63.5. The number of aromatic nitrogens is 3. The topological polar surface area (TPSA) is 64.7 Å². The minimum Gasteiger partial charge on any atom is -0.309 e. The molecule has 2 aromatic rings. The Labute approximate surface area is 223 Å². The van der Waals surface area contributed by atoms with Gasteiger partial charge in [0, 0.05) is 20.1 Å². The van der Waals surface area contributed by atoms with Gasteiger partial charge in [-0.1, -0.05) is 40.3 Å². The van der Waals surface area contributed by atoms with Crippen molar-refractivity contribution in [1.29, 1.82) is 0 Å². The van der Waals surface area contributed by atoms with E-state index in [4.69, 9.17) is 3.07 Å². The van der Waals surface area contributed by atoms with Crippen LogP contribution in [0.3, 0.4) is 0 Å². The fourth-order valence-corrected chi connectivity index (χ4v) is 4.60. The van der Waals surface area contributed by atoms with Crippen LogP contribution in [0.5, 0.6) is 0 Å². The van der Waals surface area contributed by atoms with Crippen molar-refractivity contribution in [2.24, 2.45) is 10.9 Å². The number of alkyl halides is 3. The maximum atomic E-state index is 15.7. The summed E-state index contributed by atoms with van der Waals surface area (Å²) in [6, 6.07) is 5.54. The standard InChI is InChI=1S/C23H29F4IN5O2P/c1-7-31-20(13-35-28)30-33(22(31)34)16(4)32(12-15(3)23(25,26)27)21(29-5)18(24)11-17-14(2)9-8-10-19(17)36-6/h8-11,15,36H,4,7,12-13H2,1-3,5-6H3/b18-11-,29-21?/t15-/m1/s1. The summed E-state index contributed by atoms with van der Waals surface area (Å²) in [6.07, 6.45) is -3.32. The molecule has 13 heteroatoms. The van der Waals surface area contributed by atoms with Crippen molar-refractivity contribution in [2.45, 2.75) is 40.1 Å². The Balaban J connectivity index is 2.66. The number of benzene rings is 1. The maximum absolute atomic E-state index is 15.7. The van der Waals surface area contributed by atoms with Crippen molar-refractivity contribution in [3.63, 3.8) is 0 Å². The summed E-state index contributed by atoms with van der Waals surface area (Å²) in [6.45, 7) is 9.77. The van der Waals surface area contributed by atoms with Crippen LogP contribution < -0.4 is 11.0 Å². The van der Waals surface area contributed by atoms with Gasteiger partial charge in [0.2, 0.25) is 0 Å². The number of hydrogen-bond acceptors (Lipinski definition) is 4. The first-order chi connectivity index (χ1) is 16.9. The van der Waals surface area contributed by atoms with Crippen LogP contribution in [0.2, 0.25) is 0 Å². The van der Waals surface area contributed by atoms with Crippen molar-refractivity contribution in [3.8, 4) is 0 Å². The lowest BCUT2D eigenvalue weighted by molar-refractivity contribution is -0.170. The third-order valence-electron chi connectivity index (χ3n) is 5.56. The second-order valence-electron chi connectivity index (χ2n) is 7.90. The Kier molecular flexibility index (Phi) is 10.9. The van der Waals surface area contributed by atoms with Crippen molar-refractivity contribution in [2.75, 3.05) is 20.3 Å². The minimum absolute atomic E-state index is 0.0142. The summed E-state index contributed by atoms with van der Waals surface area (Å²) in [5, 5.41) is 5.08. The number of aryl methyl sites for hydroxylation is 1. The van der Waals surface area contributed by atoms with E-state index in [9.17, 15) is 18.0 Å². The van der Waals surface area contributed by atoms with Crippen LogP contribution in [0.15, 0.2) is 40.4 Å². The Morgan fingerprint density at radius 1 is 1.42 bits per heavy atom. The van der Waals surface area contributed by atoms with Crippen LogP contribution in [0.25, 0.3) is 11.9 Å². The molecule has 0 N–H and O–H groups in total. The van der Waals surface area contributed by atoms with Crippen molar-refractivity contribution in [1.82, 2.24) is 19.2 Å². The monoisotopic (exact) mass is 641 g/mol. The van der Waals surface area contributed by atoms with E-state index in [0.717, 1.165) is 27.4 Å². The van der Waals surface area contributed by atoms with E-state index < -0.39 is 36.0 Å². The molecule has 7 nitrogen and oxygen atoms in total. The highest BCUT2D eigenvalue weighted by Gasteiger charge is 2.39. The first kappa shape index (κ1) is 30.2. The molecule has 0 saturated carbocycles. The van der Waals surface area contributed by atoms with Crippen molar-refractivity contribution >= 4 is 54.6 Å². The Morgan fingerprint density at radius 3 is 2.61 bits per heavy atom. The van der Waals surface area contributed by atoms with E-state index in [2.05, 4.69) is 16.7 Å². The van der Waals surface area contributed by atoms with Gasteiger partial charge >= 0.3 is 11.9 Å². The summed E-state index contributed by atoms with van der Waals surface area (Å²) in [4.78, 5) is 17.9. The van der Waals surface area contributed by atoms with Gasteiger partial charge in [-0.3, -0.25) is 9.56 Å². The molecule has 1 heterocycles. The fraction of sp³-hybridized carbons (Fsp3) is 0.435. The number of nitrogens with zero attached hydrogens (tertiary/aromatic N) is 5. The zero-order chi connectivity index (χ0) is 27.2. The molecular weight excluding hydrogens is 612 g/mol. The van der Waals surface area contributed by atoms with Gasteiger partial charge in [-0.2, -0.15) is 17.9 Å². The number of halogens is 5. The van der Waals surface area contributed by atoms with Gasteiger partial charge in [0.1, 0.15) is 35.4 Å². The highest BCUT2D eigenvalue weighted by molar-refractivity contribution is 14.1. The van der Waals surface area contributed by atoms with E-state index >= 15 is 4.39 Å². The average molecular weight is 641 g/mol. The molecule has 0 saturated heterocycles. The lowest BCUT2D eigenvalue weighted by Gasteiger charge is -2.30. The van der Waals surface area contributed by atoms with Crippen LogP contribution in [0, 0.1) is 12.8 Å². The molecule has 0 aliphatic heterocycles. The second kappa shape index (κ2) is 13.0. The molecule has 0 radical (unpaired) electrons. The number of rotatable bonds is 10. The molecule has 1 aromatic carbocycles. The van der Waals surface area contributed by atoms with Gasteiger partial charge in [0.15, 0.2) is 17.5 Å². The average Bonchev–Trinajstić information content (AvgIpc) is 3.14. The fourth-order valence-electron chi connectivity index (χ4n) is 3.52. The predicted molar refractivity (Wildman–Crippen MR) is 146 cm³/mol. The quantitative estimate of drug-likeness (QED) is 0.119. The van der Waals surface area contributed by atoms with Crippen molar-refractivity contribution in [3.05, 3.63) is 58.0 Å². The van der Waals surface area contributed by atoms with Crippen LogP contribution >= 0.6 is 31.6 Å². The van der Waals surface area contributed by atoms with Crippen LogP contribution in [-0.4, -0.2) is 51.5 Å². The van der Waals surface area contributed by atoms with Crippen LogP contribution in [0.4, 0.5) is 17.6 Å². The molecule has 198 valence electrons. The molecule has 0 amide bonds. The van der Waals surface area contributed by atoms with Gasteiger partial charge in [0.25, 0.3) is 0 Å². The highest BCUT2D eigenvalue weighted by atomic mass is 127. The zero-order valence-corrected chi connectivity index (χ0v) is 23.8. The first-order valence-corrected chi connectivity index (χ1v) is 13.4. The molecule has 0 fully saturated rings. The molecule has 0 spiro atoms. The summed E-state index contributed by atoms with van der Waals surface area (Å²) in [5.74, 6) is -3.15. The SMILES string of the molecule is C=C(N(C[C@@H](C)C(F)(F)F)C(=NC)/C(F)=C/c1c(C)cccc1PC)n1nc(COI)n(CC)c1=O. The summed E-state index contributed by atoms with van der Waals surface area (Å²) in [5.41, 5.74) is 0.798. The molecule has 1 aromatic heterocycles. The molecular formula is C23H29F4IN5O2P. The largest absolute Gasteiger partial charge is 0.393 e. The number of hydrogen-bond donors (Lipinski definition) is 0. The van der Waals surface area contributed by atoms with E-state index in [0.29, 0.717) is 14.1 Å². The molecule has 2 atom stereocenters. The van der Waals surface area contributed by atoms with Crippen LogP contribution in [0.1, 0.15) is 30.8 Å². The molecule has 0 aliphatic rings.